The van der Waals surface area contributed by atoms with Crippen LogP contribution >= 0.6 is 0 Å². The number of nitrogens with one attached hydrogen (secondary N) is 1. The predicted octanol–water partition coefficient (Wildman–Crippen LogP) is 1.32. The molecule has 0 aliphatic rings. The molecule has 1 aromatic carbocycles. The first-order valence-electron chi connectivity index (χ1n) is 6.18. The SMILES string of the molecule is CCC(C)(O)CNS(=O)(=O)c1cc(C)c(C)cc1N. The van der Waals surface area contributed by atoms with Crippen molar-refractivity contribution in [3.63, 3.8) is 0 Å². The zero-order chi connectivity index (χ0) is 14.8. The summed E-state index contributed by atoms with van der Waals surface area (Å²) >= 11 is 0. The number of nitrogens with two attached hydrogens (primary N) is 1. The van der Waals surface area contributed by atoms with E-state index in [1.165, 1.54) is 0 Å². The summed E-state index contributed by atoms with van der Waals surface area (Å²) in [6.07, 6.45) is 0.456. The third-order valence-electron chi connectivity index (χ3n) is 3.32. The summed E-state index contributed by atoms with van der Waals surface area (Å²) in [5.74, 6) is 0. The van der Waals surface area contributed by atoms with Crippen LogP contribution in [0.2, 0.25) is 0 Å². The van der Waals surface area contributed by atoms with E-state index in [-0.39, 0.29) is 17.1 Å². The van der Waals surface area contributed by atoms with Crippen LogP contribution in [0, 0.1) is 13.8 Å². The van der Waals surface area contributed by atoms with Crippen LogP contribution in [0.25, 0.3) is 0 Å². The Labute approximate surface area is 114 Å². The Morgan fingerprint density at radius 3 is 2.37 bits per heavy atom. The number of nitrogen functional groups attached to an aromatic ring is 1. The van der Waals surface area contributed by atoms with Crippen LogP contribution in [0.1, 0.15) is 31.4 Å². The molecule has 0 saturated heterocycles. The van der Waals surface area contributed by atoms with Crippen LogP contribution in [0.15, 0.2) is 17.0 Å². The molecule has 1 atom stereocenters. The number of hydrogen-bond acceptors (Lipinski definition) is 4. The molecule has 0 amide bonds. The second-order valence-corrected chi connectivity index (χ2v) is 6.88. The van der Waals surface area contributed by atoms with Gasteiger partial charge >= 0.3 is 0 Å². The van der Waals surface area contributed by atoms with E-state index in [4.69, 9.17) is 5.73 Å². The highest BCUT2D eigenvalue weighted by molar-refractivity contribution is 7.89. The Morgan fingerprint density at radius 2 is 1.84 bits per heavy atom. The van der Waals surface area contributed by atoms with E-state index in [1.807, 2.05) is 13.8 Å². The fourth-order valence-electron chi connectivity index (χ4n) is 1.50. The molecule has 1 rings (SSSR count). The van der Waals surface area contributed by atoms with Gasteiger partial charge in [-0.3, -0.25) is 0 Å². The minimum absolute atomic E-state index is 0.0435. The summed E-state index contributed by atoms with van der Waals surface area (Å²) in [6.45, 7) is 7.03. The average Bonchev–Trinajstić information content (AvgIpc) is 2.31. The molecular formula is C13H22N2O3S. The Morgan fingerprint density at radius 1 is 1.32 bits per heavy atom. The molecule has 0 saturated carbocycles. The molecule has 0 aliphatic heterocycles. The predicted molar refractivity (Wildman–Crippen MR) is 76.4 cm³/mol. The van der Waals surface area contributed by atoms with E-state index in [0.717, 1.165) is 11.1 Å². The Bertz CT molecular complexity index is 565. The maximum Gasteiger partial charge on any atom is 0.242 e. The van der Waals surface area contributed by atoms with Gasteiger partial charge in [0, 0.05) is 6.54 Å². The molecule has 0 fully saturated rings. The summed E-state index contributed by atoms with van der Waals surface area (Å²) in [7, 11) is -3.71. The van der Waals surface area contributed by atoms with Crippen molar-refractivity contribution in [2.75, 3.05) is 12.3 Å². The average molecular weight is 286 g/mol. The molecule has 5 nitrogen and oxygen atoms in total. The van der Waals surface area contributed by atoms with Gasteiger partial charge in [-0.25, -0.2) is 13.1 Å². The number of rotatable bonds is 5. The van der Waals surface area contributed by atoms with Crippen molar-refractivity contribution in [2.45, 2.75) is 44.6 Å². The van der Waals surface area contributed by atoms with Crippen LogP contribution in [0.4, 0.5) is 5.69 Å². The lowest BCUT2D eigenvalue weighted by molar-refractivity contribution is 0.0613. The van der Waals surface area contributed by atoms with E-state index in [1.54, 1.807) is 26.0 Å². The van der Waals surface area contributed by atoms with Crippen molar-refractivity contribution in [3.05, 3.63) is 23.3 Å². The quantitative estimate of drug-likeness (QED) is 0.712. The standard InChI is InChI=1S/C13H22N2O3S/c1-5-13(4,16)8-15-19(17,18)12-7-10(3)9(2)6-11(12)14/h6-7,15-16H,5,8,14H2,1-4H3. The van der Waals surface area contributed by atoms with Crippen molar-refractivity contribution in [1.82, 2.24) is 4.72 Å². The minimum atomic E-state index is -3.71. The molecular weight excluding hydrogens is 264 g/mol. The largest absolute Gasteiger partial charge is 0.398 e. The van der Waals surface area contributed by atoms with Crippen LogP contribution < -0.4 is 10.5 Å². The number of hydrogen-bond donors (Lipinski definition) is 3. The van der Waals surface area contributed by atoms with E-state index in [0.29, 0.717) is 6.42 Å². The molecule has 4 N–H and O–H groups in total. The molecule has 0 spiro atoms. The molecule has 0 bridgehead atoms. The maximum atomic E-state index is 12.2. The van der Waals surface area contributed by atoms with E-state index in [2.05, 4.69) is 4.72 Å². The Hall–Kier alpha value is -1.11. The van der Waals surface area contributed by atoms with Crippen molar-refractivity contribution < 1.29 is 13.5 Å². The summed E-state index contributed by atoms with van der Waals surface area (Å²) in [5.41, 5.74) is 6.71. The lowest BCUT2D eigenvalue weighted by atomic mass is 10.1. The fourth-order valence-corrected chi connectivity index (χ4v) is 2.86. The highest BCUT2D eigenvalue weighted by Crippen LogP contribution is 2.22. The van der Waals surface area contributed by atoms with Gasteiger partial charge < -0.3 is 10.8 Å². The van der Waals surface area contributed by atoms with Crippen molar-refractivity contribution in [3.8, 4) is 0 Å². The molecule has 108 valence electrons. The number of sulfonamides is 1. The zero-order valence-electron chi connectivity index (χ0n) is 11.8. The topological polar surface area (TPSA) is 92.4 Å². The third-order valence-corrected chi connectivity index (χ3v) is 4.78. The number of aryl methyl sites for hydroxylation is 2. The first-order valence-corrected chi connectivity index (χ1v) is 7.66. The minimum Gasteiger partial charge on any atom is -0.398 e. The van der Waals surface area contributed by atoms with Gasteiger partial charge in [0.2, 0.25) is 10.0 Å². The zero-order valence-corrected chi connectivity index (χ0v) is 12.6. The van der Waals surface area contributed by atoms with E-state index in [9.17, 15) is 13.5 Å². The molecule has 0 aliphatic carbocycles. The molecule has 1 aromatic rings. The second-order valence-electron chi connectivity index (χ2n) is 5.15. The van der Waals surface area contributed by atoms with Gasteiger partial charge in [-0.1, -0.05) is 6.92 Å². The van der Waals surface area contributed by atoms with Gasteiger partial charge in [0.1, 0.15) is 4.90 Å². The van der Waals surface area contributed by atoms with Gasteiger partial charge in [-0.2, -0.15) is 0 Å². The summed E-state index contributed by atoms with van der Waals surface area (Å²) in [4.78, 5) is 0.0579. The molecule has 19 heavy (non-hydrogen) atoms. The number of aliphatic hydroxyl groups is 1. The number of anilines is 1. The van der Waals surface area contributed by atoms with Crippen LogP contribution in [-0.4, -0.2) is 25.7 Å². The molecule has 6 heteroatoms. The Balaban J connectivity index is 3.05. The van der Waals surface area contributed by atoms with Gasteiger partial charge in [-0.05, 0) is 50.5 Å². The first kappa shape index (κ1) is 15.9. The monoisotopic (exact) mass is 286 g/mol. The van der Waals surface area contributed by atoms with Gasteiger partial charge in [0.05, 0.1) is 11.3 Å². The highest BCUT2D eigenvalue weighted by atomic mass is 32.2. The number of benzene rings is 1. The smallest absolute Gasteiger partial charge is 0.242 e. The van der Waals surface area contributed by atoms with Crippen molar-refractivity contribution in [2.24, 2.45) is 0 Å². The third kappa shape index (κ3) is 3.92. The fraction of sp³-hybridized carbons (Fsp3) is 0.538. The van der Waals surface area contributed by atoms with Crippen molar-refractivity contribution in [1.29, 1.82) is 0 Å². The molecule has 0 heterocycles. The van der Waals surface area contributed by atoms with E-state index < -0.39 is 15.6 Å². The van der Waals surface area contributed by atoms with E-state index >= 15 is 0 Å². The van der Waals surface area contributed by atoms with Crippen LogP contribution in [0.5, 0.6) is 0 Å². The van der Waals surface area contributed by atoms with Gasteiger partial charge in [-0.15, -0.1) is 0 Å². The Kier molecular flexibility index (Phi) is 4.60. The maximum absolute atomic E-state index is 12.2. The van der Waals surface area contributed by atoms with Crippen LogP contribution in [-0.2, 0) is 10.0 Å². The summed E-state index contributed by atoms with van der Waals surface area (Å²) in [6, 6.07) is 3.19. The molecule has 1 unspecified atom stereocenters. The van der Waals surface area contributed by atoms with Crippen molar-refractivity contribution >= 4 is 15.7 Å². The van der Waals surface area contributed by atoms with Gasteiger partial charge in [0.15, 0.2) is 0 Å². The summed E-state index contributed by atoms with van der Waals surface area (Å²) in [5, 5.41) is 9.84. The summed E-state index contributed by atoms with van der Waals surface area (Å²) < 4.78 is 26.8. The van der Waals surface area contributed by atoms with Crippen LogP contribution in [0.3, 0.4) is 0 Å². The van der Waals surface area contributed by atoms with Gasteiger partial charge in [0.25, 0.3) is 0 Å². The molecule has 0 aromatic heterocycles. The lowest BCUT2D eigenvalue weighted by Crippen LogP contribution is -2.40. The highest BCUT2D eigenvalue weighted by Gasteiger charge is 2.24. The molecule has 0 radical (unpaired) electrons. The lowest BCUT2D eigenvalue weighted by Gasteiger charge is -2.22. The second kappa shape index (κ2) is 5.48. The normalized spacial score (nSPS) is 15.2. The first-order chi connectivity index (χ1) is 8.59.